The zero-order valence-corrected chi connectivity index (χ0v) is 24.5. The molecular formula is C26H32ClN5O7S. The quantitative estimate of drug-likeness (QED) is 0.176. The monoisotopic (exact) mass is 593 g/mol. The molecule has 40 heavy (non-hydrogen) atoms. The number of esters is 2. The fourth-order valence-corrected chi connectivity index (χ4v) is 4.54. The lowest BCUT2D eigenvalue weighted by atomic mass is 9.98. The van der Waals surface area contributed by atoms with Gasteiger partial charge in [0.2, 0.25) is 16.8 Å². The Morgan fingerprint density at radius 2 is 1.95 bits per heavy atom. The number of hydrogen-bond donors (Lipinski definition) is 1. The molecule has 0 aliphatic carbocycles. The zero-order valence-electron chi connectivity index (χ0n) is 22.9. The standard InChI is InChI=1S/C26H32ClN5O7S/c1-7-26(12-37-23(35)14(2)3)17(38-24(36)15(4)5)11-19(39-26)32-13-28-20-21(30-25(27)31-22(20)32)29-18(34)9-8-10-40-16(6)33/h1,13-15,17,19H,8-12H2,2-6H3,(H,29,30,31,34)/t17-,19+,26+/m0/s1. The molecule has 2 aromatic heterocycles. The summed E-state index contributed by atoms with van der Waals surface area (Å²) in [4.78, 5) is 61.0. The number of halogens is 1. The Bertz CT molecular complexity index is 1320. The highest BCUT2D eigenvalue weighted by molar-refractivity contribution is 8.13. The normalized spacial score (nSPS) is 20.5. The number of aromatic nitrogens is 4. The number of terminal acetylenes is 1. The lowest BCUT2D eigenvalue weighted by Gasteiger charge is -2.29. The second kappa shape index (κ2) is 13.4. The summed E-state index contributed by atoms with van der Waals surface area (Å²) < 4.78 is 18.9. The second-order valence-electron chi connectivity index (χ2n) is 9.84. The summed E-state index contributed by atoms with van der Waals surface area (Å²) in [5, 5.41) is 2.53. The summed E-state index contributed by atoms with van der Waals surface area (Å²) in [7, 11) is 0. The number of fused-ring (bicyclic) bond motifs is 1. The first kappa shape index (κ1) is 31.3. The molecule has 216 valence electrons. The van der Waals surface area contributed by atoms with Gasteiger partial charge in [0.25, 0.3) is 0 Å². The minimum atomic E-state index is -1.57. The van der Waals surface area contributed by atoms with Gasteiger partial charge in [-0.05, 0) is 18.0 Å². The number of nitrogens with zero attached hydrogens (tertiary/aromatic N) is 4. The van der Waals surface area contributed by atoms with Crippen molar-refractivity contribution in [1.29, 1.82) is 0 Å². The minimum absolute atomic E-state index is 0.0162. The first-order valence-electron chi connectivity index (χ1n) is 12.7. The van der Waals surface area contributed by atoms with E-state index >= 15 is 0 Å². The number of hydrogen-bond acceptors (Lipinski definition) is 11. The molecule has 0 aromatic carbocycles. The van der Waals surface area contributed by atoms with Crippen molar-refractivity contribution < 1.29 is 33.4 Å². The van der Waals surface area contributed by atoms with Crippen LogP contribution < -0.4 is 5.32 Å². The van der Waals surface area contributed by atoms with Crippen molar-refractivity contribution in [2.45, 2.75) is 71.8 Å². The molecular weight excluding hydrogens is 562 g/mol. The van der Waals surface area contributed by atoms with E-state index in [0.29, 0.717) is 12.2 Å². The van der Waals surface area contributed by atoms with Crippen LogP contribution in [0, 0.1) is 24.2 Å². The van der Waals surface area contributed by atoms with Crippen molar-refractivity contribution in [3.8, 4) is 12.3 Å². The van der Waals surface area contributed by atoms with Crippen molar-refractivity contribution in [3.05, 3.63) is 11.6 Å². The molecule has 0 radical (unpaired) electrons. The molecule has 0 unspecified atom stereocenters. The molecule has 1 amide bonds. The summed E-state index contributed by atoms with van der Waals surface area (Å²) in [5.74, 6) is 1.03. The number of ether oxygens (including phenoxy) is 3. The maximum absolute atomic E-state index is 12.5. The lowest BCUT2D eigenvalue weighted by Crippen LogP contribution is -2.46. The number of thioether (sulfide) groups is 1. The van der Waals surface area contributed by atoms with Gasteiger partial charge in [-0.15, -0.1) is 6.42 Å². The average molecular weight is 594 g/mol. The highest BCUT2D eigenvalue weighted by Crippen LogP contribution is 2.41. The number of carbonyl (C=O) groups is 4. The van der Waals surface area contributed by atoms with Crippen molar-refractivity contribution in [3.63, 3.8) is 0 Å². The van der Waals surface area contributed by atoms with Crippen molar-refractivity contribution in [2.24, 2.45) is 11.8 Å². The van der Waals surface area contributed by atoms with Gasteiger partial charge in [0.05, 0.1) is 18.2 Å². The van der Waals surface area contributed by atoms with E-state index in [-0.39, 0.29) is 52.7 Å². The SMILES string of the molecule is C#C[C@]1(COC(=O)C(C)C)O[C@@H](n2cnc3c(NC(=O)CCCSC(C)=O)nc(Cl)nc32)C[C@@H]1OC(=O)C(C)C. The van der Waals surface area contributed by atoms with Crippen molar-refractivity contribution >= 4 is 63.3 Å². The number of carbonyl (C=O) groups excluding carboxylic acids is 4. The molecule has 3 rings (SSSR count). The molecule has 0 saturated carbocycles. The van der Waals surface area contributed by atoms with E-state index in [2.05, 4.69) is 26.2 Å². The molecule has 1 N–H and O–H groups in total. The van der Waals surface area contributed by atoms with Crippen LogP contribution in [0.1, 0.15) is 60.1 Å². The summed E-state index contributed by atoms with van der Waals surface area (Å²) in [6.07, 6.45) is 6.28. The largest absolute Gasteiger partial charge is 0.461 e. The van der Waals surface area contributed by atoms with E-state index in [0.717, 1.165) is 11.8 Å². The van der Waals surface area contributed by atoms with Gasteiger partial charge < -0.3 is 19.5 Å². The van der Waals surface area contributed by atoms with Gasteiger partial charge in [0.1, 0.15) is 18.9 Å². The number of rotatable bonds is 11. The number of anilines is 1. The molecule has 1 aliphatic heterocycles. The van der Waals surface area contributed by atoms with E-state index in [9.17, 15) is 19.2 Å². The second-order valence-corrected chi connectivity index (χ2v) is 11.5. The highest BCUT2D eigenvalue weighted by Gasteiger charge is 2.52. The maximum Gasteiger partial charge on any atom is 0.308 e. The molecule has 2 aromatic rings. The minimum Gasteiger partial charge on any atom is -0.461 e. The third-order valence-electron chi connectivity index (χ3n) is 5.97. The van der Waals surface area contributed by atoms with Crippen LogP contribution in [0.2, 0.25) is 5.28 Å². The van der Waals surface area contributed by atoms with Crippen LogP contribution in [0.4, 0.5) is 5.82 Å². The van der Waals surface area contributed by atoms with Gasteiger partial charge in [0.15, 0.2) is 22.1 Å². The Balaban J connectivity index is 1.88. The van der Waals surface area contributed by atoms with Crippen LogP contribution >= 0.6 is 23.4 Å². The topological polar surface area (TPSA) is 152 Å². The molecule has 12 nitrogen and oxygen atoms in total. The third kappa shape index (κ3) is 7.50. The van der Waals surface area contributed by atoms with E-state index in [4.69, 9.17) is 32.2 Å². The predicted molar refractivity (Wildman–Crippen MR) is 148 cm³/mol. The summed E-state index contributed by atoms with van der Waals surface area (Å²) >= 11 is 7.33. The Labute approximate surface area is 241 Å². The first-order valence-corrected chi connectivity index (χ1v) is 14.1. The number of amides is 1. The summed E-state index contributed by atoms with van der Waals surface area (Å²) in [6, 6.07) is 0. The van der Waals surface area contributed by atoms with Crippen molar-refractivity contribution in [1.82, 2.24) is 19.5 Å². The Morgan fingerprint density at radius 3 is 2.58 bits per heavy atom. The van der Waals surface area contributed by atoms with Crippen LogP contribution in [-0.2, 0) is 33.4 Å². The predicted octanol–water partition coefficient (Wildman–Crippen LogP) is 3.54. The summed E-state index contributed by atoms with van der Waals surface area (Å²) in [5.41, 5.74) is -1.07. The Kier molecular flexibility index (Phi) is 10.5. The van der Waals surface area contributed by atoms with Gasteiger partial charge in [-0.3, -0.25) is 23.7 Å². The van der Waals surface area contributed by atoms with Crippen LogP contribution in [0.5, 0.6) is 0 Å². The van der Waals surface area contributed by atoms with E-state index < -0.39 is 41.7 Å². The van der Waals surface area contributed by atoms with Gasteiger partial charge in [-0.2, -0.15) is 9.97 Å². The van der Waals surface area contributed by atoms with Gasteiger partial charge in [-0.25, -0.2) is 4.98 Å². The molecule has 3 heterocycles. The molecule has 3 atom stereocenters. The van der Waals surface area contributed by atoms with Gasteiger partial charge in [0, 0.05) is 25.5 Å². The van der Waals surface area contributed by atoms with Crippen LogP contribution in [-0.4, -0.2) is 66.5 Å². The van der Waals surface area contributed by atoms with Crippen LogP contribution in [0.3, 0.4) is 0 Å². The molecule has 14 heteroatoms. The molecule has 1 saturated heterocycles. The lowest BCUT2D eigenvalue weighted by molar-refractivity contribution is -0.170. The molecule has 0 spiro atoms. The van der Waals surface area contributed by atoms with Crippen LogP contribution in [0.15, 0.2) is 6.33 Å². The fourth-order valence-electron chi connectivity index (χ4n) is 3.80. The van der Waals surface area contributed by atoms with E-state index in [1.807, 2.05) is 0 Å². The smallest absolute Gasteiger partial charge is 0.308 e. The van der Waals surface area contributed by atoms with E-state index in [1.54, 1.807) is 32.3 Å². The van der Waals surface area contributed by atoms with Gasteiger partial charge >= 0.3 is 11.9 Å². The number of imidazole rings is 1. The summed E-state index contributed by atoms with van der Waals surface area (Å²) in [6.45, 7) is 7.87. The average Bonchev–Trinajstić information content (AvgIpc) is 3.46. The fraction of sp³-hybridized carbons (Fsp3) is 0.577. The Morgan fingerprint density at radius 1 is 1.25 bits per heavy atom. The zero-order chi connectivity index (χ0) is 29.6. The Hall–Kier alpha value is -3.21. The molecule has 0 bridgehead atoms. The molecule has 1 aliphatic rings. The van der Waals surface area contributed by atoms with Gasteiger partial charge in [-0.1, -0.05) is 45.4 Å². The third-order valence-corrected chi connectivity index (χ3v) is 7.04. The first-order chi connectivity index (χ1) is 18.9. The van der Waals surface area contributed by atoms with Crippen molar-refractivity contribution in [2.75, 3.05) is 17.7 Å². The highest BCUT2D eigenvalue weighted by atomic mass is 35.5. The molecule has 1 fully saturated rings. The van der Waals surface area contributed by atoms with Crippen LogP contribution in [0.25, 0.3) is 11.2 Å². The maximum atomic E-state index is 12.5. The number of nitrogens with one attached hydrogen (secondary N) is 1. The van der Waals surface area contributed by atoms with E-state index in [1.165, 1.54) is 13.3 Å².